The molecule has 1 aromatic carbocycles. The van der Waals surface area contributed by atoms with Gasteiger partial charge < -0.3 is 0 Å². The molecule has 0 heterocycles. The SMILES string of the molecule is Cc1ccc(C(C)C[Si](Cl)(Cl)Cl)cc1. The van der Waals surface area contributed by atoms with Crippen molar-refractivity contribution in [3.05, 3.63) is 35.4 Å². The molecular weight excluding hydrogens is 255 g/mol. The molecule has 14 heavy (non-hydrogen) atoms. The van der Waals surface area contributed by atoms with Crippen molar-refractivity contribution < 1.29 is 0 Å². The largest absolute Gasteiger partial charge is 0.342 e. The third-order valence-electron chi connectivity index (χ3n) is 2.18. The van der Waals surface area contributed by atoms with Crippen LogP contribution >= 0.6 is 33.2 Å². The number of halogens is 3. The van der Waals surface area contributed by atoms with E-state index < -0.39 is 6.00 Å². The first kappa shape index (κ1) is 12.4. The molecule has 0 radical (unpaired) electrons. The number of rotatable bonds is 3. The minimum atomic E-state index is -2.50. The summed E-state index contributed by atoms with van der Waals surface area (Å²) in [5.74, 6) is 0.328. The van der Waals surface area contributed by atoms with E-state index in [1.54, 1.807) is 0 Å². The first-order chi connectivity index (χ1) is 6.38. The molecule has 0 N–H and O–H groups in total. The van der Waals surface area contributed by atoms with Crippen LogP contribution in [0.3, 0.4) is 0 Å². The molecule has 0 bridgehead atoms. The standard InChI is InChI=1S/C10H13Cl3Si/c1-8-3-5-10(6-4-8)9(2)7-14(11,12)13/h3-6,9H,7H2,1-2H3. The maximum absolute atomic E-state index is 5.88. The van der Waals surface area contributed by atoms with E-state index in [2.05, 4.69) is 38.1 Å². The Kier molecular flexibility index (Phi) is 4.32. The maximum atomic E-state index is 5.88. The quantitative estimate of drug-likeness (QED) is 0.547. The normalized spacial score (nSPS) is 14.1. The van der Waals surface area contributed by atoms with Gasteiger partial charge in [-0.3, -0.25) is 0 Å². The van der Waals surface area contributed by atoms with Crippen LogP contribution in [0.1, 0.15) is 24.0 Å². The molecule has 0 aromatic heterocycles. The lowest BCUT2D eigenvalue weighted by molar-refractivity contribution is 0.858. The summed E-state index contributed by atoms with van der Waals surface area (Å²) in [5, 5.41) is 0. The molecule has 78 valence electrons. The Labute approximate surface area is 100 Å². The maximum Gasteiger partial charge on any atom is 0.342 e. The summed E-state index contributed by atoms with van der Waals surface area (Å²) in [6.07, 6.45) is 0. The van der Waals surface area contributed by atoms with Gasteiger partial charge in [-0.1, -0.05) is 36.8 Å². The Morgan fingerprint density at radius 2 is 1.64 bits per heavy atom. The van der Waals surface area contributed by atoms with Gasteiger partial charge in [0.05, 0.1) is 0 Å². The molecule has 0 amide bonds. The Morgan fingerprint density at radius 1 is 1.14 bits per heavy atom. The predicted molar refractivity (Wildman–Crippen MR) is 67.7 cm³/mol. The predicted octanol–water partition coefficient (Wildman–Crippen LogP) is 4.75. The van der Waals surface area contributed by atoms with Crippen molar-refractivity contribution in [2.45, 2.75) is 25.8 Å². The lowest BCUT2D eigenvalue weighted by atomic mass is 10.0. The van der Waals surface area contributed by atoms with Gasteiger partial charge in [-0.15, -0.1) is 33.2 Å². The lowest BCUT2D eigenvalue weighted by Crippen LogP contribution is -2.12. The van der Waals surface area contributed by atoms with E-state index >= 15 is 0 Å². The highest BCUT2D eigenvalue weighted by Crippen LogP contribution is 2.33. The fourth-order valence-electron chi connectivity index (χ4n) is 1.36. The Morgan fingerprint density at radius 3 is 2.07 bits per heavy atom. The van der Waals surface area contributed by atoms with Crippen LogP contribution in [-0.4, -0.2) is 6.00 Å². The van der Waals surface area contributed by atoms with E-state index in [0.29, 0.717) is 12.0 Å². The summed E-state index contributed by atoms with van der Waals surface area (Å²) in [5.41, 5.74) is 2.50. The molecule has 1 aromatic rings. The number of aryl methyl sites for hydroxylation is 1. The van der Waals surface area contributed by atoms with Gasteiger partial charge in [0.2, 0.25) is 0 Å². The van der Waals surface area contributed by atoms with Crippen LogP contribution in [0.4, 0.5) is 0 Å². The summed E-state index contributed by atoms with van der Waals surface area (Å²) >= 11 is 17.6. The molecule has 0 aliphatic rings. The Hall–Kier alpha value is 0.307. The van der Waals surface area contributed by atoms with Crippen molar-refractivity contribution in [3.63, 3.8) is 0 Å². The van der Waals surface area contributed by atoms with Crippen molar-refractivity contribution in [3.8, 4) is 0 Å². The van der Waals surface area contributed by atoms with Crippen LogP contribution < -0.4 is 0 Å². The lowest BCUT2D eigenvalue weighted by Gasteiger charge is -2.15. The molecule has 0 saturated heterocycles. The number of hydrogen-bond donors (Lipinski definition) is 0. The molecular formula is C10H13Cl3Si. The van der Waals surface area contributed by atoms with Crippen LogP contribution in [0.2, 0.25) is 6.04 Å². The average molecular weight is 268 g/mol. The van der Waals surface area contributed by atoms with Crippen LogP contribution in [0.25, 0.3) is 0 Å². The molecule has 0 fully saturated rings. The van der Waals surface area contributed by atoms with Crippen LogP contribution in [0.15, 0.2) is 24.3 Å². The van der Waals surface area contributed by atoms with Crippen molar-refractivity contribution >= 4 is 39.2 Å². The van der Waals surface area contributed by atoms with Crippen LogP contribution in [0, 0.1) is 6.92 Å². The molecule has 0 aliphatic heterocycles. The average Bonchev–Trinajstić information content (AvgIpc) is 2.02. The molecule has 0 aliphatic carbocycles. The van der Waals surface area contributed by atoms with E-state index in [4.69, 9.17) is 33.2 Å². The number of hydrogen-bond acceptors (Lipinski definition) is 0. The third kappa shape index (κ3) is 4.22. The second kappa shape index (κ2) is 4.89. The molecule has 1 rings (SSSR count). The Balaban J connectivity index is 2.70. The fourth-order valence-corrected chi connectivity index (χ4v) is 4.37. The van der Waals surface area contributed by atoms with Gasteiger partial charge in [-0.2, -0.15) is 0 Å². The first-order valence-electron chi connectivity index (χ1n) is 4.52. The second-order valence-corrected chi connectivity index (χ2v) is 12.8. The summed E-state index contributed by atoms with van der Waals surface area (Å²) in [4.78, 5) is 0. The topological polar surface area (TPSA) is 0 Å². The van der Waals surface area contributed by atoms with Gasteiger partial charge in [0.1, 0.15) is 0 Å². The van der Waals surface area contributed by atoms with E-state index in [0.717, 1.165) is 0 Å². The van der Waals surface area contributed by atoms with Gasteiger partial charge in [0, 0.05) is 0 Å². The second-order valence-electron chi connectivity index (χ2n) is 3.63. The summed E-state index contributed by atoms with van der Waals surface area (Å²) in [6, 6.07) is 6.56. The highest BCUT2D eigenvalue weighted by molar-refractivity contribution is 7.64. The van der Waals surface area contributed by atoms with Crippen molar-refractivity contribution in [2.24, 2.45) is 0 Å². The molecule has 1 unspecified atom stereocenters. The van der Waals surface area contributed by atoms with E-state index in [-0.39, 0.29) is 0 Å². The summed E-state index contributed by atoms with van der Waals surface area (Å²) in [7, 11) is 0. The van der Waals surface area contributed by atoms with E-state index in [9.17, 15) is 0 Å². The van der Waals surface area contributed by atoms with E-state index in [1.807, 2.05) is 0 Å². The van der Waals surface area contributed by atoms with Crippen molar-refractivity contribution in [1.29, 1.82) is 0 Å². The zero-order valence-electron chi connectivity index (χ0n) is 8.23. The zero-order chi connectivity index (χ0) is 10.8. The zero-order valence-corrected chi connectivity index (χ0v) is 11.5. The number of benzene rings is 1. The monoisotopic (exact) mass is 266 g/mol. The molecule has 4 heteroatoms. The van der Waals surface area contributed by atoms with Crippen molar-refractivity contribution in [2.75, 3.05) is 0 Å². The van der Waals surface area contributed by atoms with Gasteiger partial charge in [0.25, 0.3) is 0 Å². The van der Waals surface area contributed by atoms with Gasteiger partial charge in [-0.05, 0) is 24.4 Å². The van der Waals surface area contributed by atoms with Crippen molar-refractivity contribution in [1.82, 2.24) is 0 Å². The van der Waals surface area contributed by atoms with Gasteiger partial charge >= 0.3 is 6.00 Å². The molecule has 1 atom stereocenters. The molecule has 0 nitrogen and oxygen atoms in total. The van der Waals surface area contributed by atoms with Gasteiger partial charge in [0.15, 0.2) is 0 Å². The van der Waals surface area contributed by atoms with Gasteiger partial charge in [-0.25, -0.2) is 0 Å². The Bertz CT molecular complexity index is 289. The highest BCUT2D eigenvalue weighted by Gasteiger charge is 2.28. The third-order valence-corrected chi connectivity index (χ3v) is 4.65. The fraction of sp³-hybridized carbons (Fsp3) is 0.400. The smallest absolute Gasteiger partial charge is 0.126 e. The molecule has 0 spiro atoms. The minimum Gasteiger partial charge on any atom is -0.126 e. The van der Waals surface area contributed by atoms with E-state index in [1.165, 1.54) is 11.1 Å². The van der Waals surface area contributed by atoms with Crippen LogP contribution in [-0.2, 0) is 0 Å². The molecule has 0 saturated carbocycles. The minimum absolute atomic E-state index is 0.328. The summed E-state index contributed by atoms with van der Waals surface area (Å²) in [6.45, 7) is 4.16. The summed E-state index contributed by atoms with van der Waals surface area (Å²) < 4.78 is 0. The first-order valence-corrected chi connectivity index (χ1v) is 9.76. The highest BCUT2D eigenvalue weighted by atomic mass is 35.8. The van der Waals surface area contributed by atoms with Crippen LogP contribution in [0.5, 0.6) is 0 Å².